The van der Waals surface area contributed by atoms with Crippen molar-refractivity contribution >= 4 is 5.91 Å². The smallest absolute Gasteiger partial charge is 0.240 e. The van der Waals surface area contributed by atoms with Crippen molar-refractivity contribution in [3.63, 3.8) is 0 Å². The highest BCUT2D eigenvalue weighted by molar-refractivity contribution is 5.81. The lowest BCUT2D eigenvalue weighted by Gasteiger charge is -2.33. The summed E-state index contributed by atoms with van der Waals surface area (Å²) in [5.74, 6) is -0.868. The number of nitriles is 1. The van der Waals surface area contributed by atoms with E-state index in [2.05, 4.69) is 6.07 Å². The topological polar surface area (TPSA) is 73.6 Å². The van der Waals surface area contributed by atoms with Gasteiger partial charge in [0.15, 0.2) is 0 Å². The summed E-state index contributed by atoms with van der Waals surface area (Å²) in [5.41, 5.74) is 0.972. The van der Waals surface area contributed by atoms with Crippen molar-refractivity contribution in [3.8, 4) is 6.07 Å². The fraction of sp³-hybridized carbons (Fsp3) is 0.467. The van der Waals surface area contributed by atoms with E-state index in [9.17, 15) is 10.1 Å². The van der Waals surface area contributed by atoms with Gasteiger partial charge in [0.05, 0.1) is 25.4 Å². The Morgan fingerprint density at radius 2 is 2.25 bits per heavy atom. The number of hydrogen-bond acceptors (Lipinski definition) is 4. The Morgan fingerprint density at radius 1 is 1.50 bits per heavy atom. The maximum absolute atomic E-state index is 12.4. The number of benzene rings is 1. The fourth-order valence-corrected chi connectivity index (χ4v) is 2.29. The highest BCUT2D eigenvalue weighted by atomic mass is 16.5. The molecule has 0 aromatic heterocycles. The van der Waals surface area contributed by atoms with Crippen molar-refractivity contribution in [2.45, 2.75) is 12.5 Å². The summed E-state index contributed by atoms with van der Waals surface area (Å²) >= 11 is 0. The number of nitrogens with zero attached hydrogens (tertiary/aromatic N) is 2. The quantitative estimate of drug-likeness (QED) is 0.872. The molecule has 1 aromatic carbocycles. The van der Waals surface area contributed by atoms with E-state index < -0.39 is 5.92 Å². The summed E-state index contributed by atoms with van der Waals surface area (Å²) in [7, 11) is 0. The SMILES string of the molecule is N#CC(Cc1ccccc1)C(=O)N1CCOC(CO)C1. The minimum Gasteiger partial charge on any atom is -0.394 e. The van der Waals surface area contributed by atoms with Gasteiger partial charge in [0.2, 0.25) is 5.91 Å². The Balaban J connectivity index is 2.00. The molecule has 0 spiro atoms. The highest BCUT2D eigenvalue weighted by Gasteiger charge is 2.29. The number of carbonyl (C=O) groups excluding carboxylic acids is 1. The third kappa shape index (κ3) is 3.56. The number of aliphatic hydroxyl groups excluding tert-OH is 1. The van der Waals surface area contributed by atoms with E-state index in [0.29, 0.717) is 26.1 Å². The van der Waals surface area contributed by atoms with E-state index in [1.165, 1.54) is 0 Å². The Kier molecular flexibility index (Phi) is 5.10. The third-order valence-electron chi connectivity index (χ3n) is 3.39. The lowest BCUT2D eigenvalue weighted by molar-refractivity contribution is -0.142. The average molecular weight is 274 g/mol. The molecule has 2 atom stereocenters. The van der Waals surface area contributed by atoms with Crippen molar-refractivity contribution in [2.75, 3.05) is 26.3 Å². The first-order chi connectivity index (χ1) is 9.74. The van der Waals surface area contributed by atoms with E-state index in [4.69, 9.17) is 9.84 Å². The van der Waals surface area contributed by atoms with Crippen LogP contribution >= 0.6 is 0 Å². The van der Waals surface area contributed by atoms with Crippen molar-refractivity contribution in [2.24, 2.45) is 5.92 Å². The van der Waals surface area contributed by atoms with Crippen LogP contribution in [0.5, 0.6) is 0 Å². The van der Waals surface area contributed by atoms with Gasteiger partial charge in [-0.1, -0.05) is 30.3 Å². The number of ether oxygens (including phenoxy) is 1. The predicted octanol–water partition coefficient (Wildman–Crippen LogP) is 0.589. The molecule has 0 radical (unpaired) electrons. The zero-order valence-corrected chi connectivity index (χ0v) is 11.2. The van der Waals surface area contributed by atoms with Gasteiger partial charge in [-0.3, -0.25) is 4.79 Å². The van der Waals surface area contributed by atoms with Crippen molar-refractivity contribution in [1.29, 1.82) is 5.26 Å². The molecule has 20 heavy (non-hydrogen) atoms. The van der Waals surface area contributed by atoms with Gasteiger partial charge in [0, 0.05) is 13.1 Å². The summed E-state index contributed by atoms with van der Waals surface area (Å²) in [5, 5.41) is 18.3. The monoisotopic (exact) mass is 274 g/mol. The number of morpholine rings is 1. The normalized spacial score (nSPS) is 20.2. The van der Waals surface area contributed by atoms with Gasteiger partial charge >= 0.3 is 0 Å². The zero-order chi connectivity index (χ0) is 14.4. The standard InChI is InChI=1S/C15H18N2O3/c16-9-13(8-12-4-2-1-3-5-12)15(19)17-6-7-20-14(10-17)11-18/h1-5,13-14,18H,6-8,10-11H2. The van der Waals surface area contributed by atoms with E-state index in [1.807, 2.05) is 30.3 Å². The van der Waals surface area contributed by atoms with E-state index in [0.717, 1.165) is 5.56 Å². The van der Waals surface area contributed by atoms with Crippen LogP contribution in [0.2, 0.25) is 0 Å². The predicted molar refractivity (Wildman–Crippen MR) is 72.7 cm³/mol. The molecule has 1 fully saturated rings. The van der Waals surface area contributed by atoms with Gasteiger partial charge in [0.1, 0.15) is 5.92 Å². The lowest BCUT2D eigenvalue weighted by atomic mass is 9.99. The van der Waals surface area contributed by atoms with Crippen LogP contribution in [0, 0.1) is 17.2 Å². The molecule has 5 heteroatoms. The van der Waals surface area contributed by atoms with Crippen LogP contribution in [0.3, 0.4) is 0 Å². The van der Waals surface area contributed by atoms with Crippen LogP contribution in [0.1, 0.15) is 5.56 Å². The van der Waals surface area contributed by atoms with E-state index >= 15 is 0 Å². The minimum absolute atomic E-state index is 0.111. The molecular weight excluding hydrogens is 256 g/mol. The zero-order valence-electron chi connectivity index (χ0n) is 11.2. The number of amides is 1. The summed E-state index contributed by atoms with van der Waals surface area (Å²) in [6.45, 7) is 1.12. The number of aliphatic hydroxyl groups is 1. The van der Waals surface area contributed by atoms with Crippen LogP contribution < -0.4 is 0 Å². The van der Waals surface area contributed by atoms with Crippen molar-refractivity contribution in [3.05, 3.63) is 35.9 Å². The molecule has 1 N–H and O–H groups in total. The Bertz CT molecular complexity index is 484. The first kappa shape index (κ1) is 14.5. The summed E-state index contributed by atoms with van der Waals surface area (Å²) in [6.07, 6.45) is 0.0703. The molecular formula is C15H18N2O3. The van der Waals surface area contributed by atoms with Crippen molar-refractivity contribution in [1.82, 2.24) is 4.90 Å². The third-order valence-corrected chi connectivity index (χ3v) is 3.39. The largest absolute Gasteiger partial charge is 0.394 e. The molecule has 0 bridgehead atoms. The van der Waals surface area contributed by atoms with Gasteiger partial charge in [-0.2, -0.15) is 5.26 Å². The second kappa shape index (κ2) is 7.04. The maximum Gasteiger partial charge on any atom is 0.240 e. The van der Waals surface area contributed by atoms with Crippen LogP contribution in [0.25, 0.3) is 0 Å². The Morgan fingerprint density at radius 3 is 2.90 bits per heavy atom. The Hall–Kier alpha value is -1.90. The van der Waals surface area contributed by atoms with Crippen LogP contribution in [-0.2, 0) is 16.0 Å². The number of hydrogen-bond donors (Lipinski definition) is 1. The molecule has 0 aliphatic carbocycles. The van der Waals surface area contributed by atoms with Gasteiger partial charge in [-0.25, -0.2) is 0 Å². The number of rotatable bonds is 4. The lowest BCUT2D eigenvalue weighted by Crippen LogP contribution is -2.49. The fourth-order valence-electron chi connectivity index (χ4n) is 2.29. The molecule has 1 heterocycles. The molecule has 1 saturated heterocycles. The first-order valence-electron chi connectivity index (χ1n) is 6.69. The molecule has 0 saturated carbocycles. The van der Waals surface area contributed by atoms with Gasteiger partial charge in [-0.05, 0) is 12.0 Å². The number of carbonyl (C=O) groups is 1. The second-order valence-corrected chi connectivity index (χ2v) is 4.83. The molecule has 1 aromatic rings. The van der Waals surface area contributed by atoms with Crippen LogP contribution in [0.4, 0.5) is 0 Å². The highest BCUT2D eigenvalue weighted by Crippen LogP contribution is 2.14. The van der Waals surface area contributed by atoms with Gasteiger partial charge in [-0.15, -0.1) is 0 Å². The molecule has 5 nitrogen and oxygen atoms in total. The Labute approximate surface area is 118 Å². The van der Waals surface area contributed by atoms with Crippen molar-refractivity contribution < 1.29 is 14.6 Å². The van der Waals surface area contributed by atoms with Gasteiger partial charge < -0.3 is 14.7 Å². The maximum atomic E-state index is 12.4. The summed E-state index contributed by atoms with van der Waals surface area (Å²) in [6, 6.07) is 11.6. The molecule has 1 aliphatic heterocycles. The summed E-state index contributed by atoms with van der Waals surface area (Å²) in [4.78, 5) is 14.0. The minimum atomic E-state index is -0.685. The van der Waals surface area contributed by atoms with E-state index in [1.54, 1.807) is 4.90 Å². The molecule has 2 rings (SSSR count). The average Bonchev–Trinajstić information content (AvgIpc) is 2.53. The molecule has 1 amide bonds. The first-order valence-corrected chi connectivity index (χ1v) is 6.69. The van der Waals surface area contributed by atoms with Gasteiger partial charge in [0.25, 0.3) is 0 Å². The molecule has 2 unspecified atom stereocenters. The molecule has 1 aliphatic rings. The van der Waals surface area contributed by atoms with Crippen LogP contribution in [-0.4, -0.2) is 48.3 Å². The molecule has 106 valence electrons. The van der Waals surface area contributed by atoms with E-state index in [-0.39, 0.29) is 18.6 Å². The van der Waals surface area contributed by atoms with Crippen LogP contribution in [0.15, 0.2) is 30.3 Å². The second-order valence-electron chi connectivity index (χ2n) is 4.83. The summed E-state index contributed by atoms with van der Waals surface area (Å²) < 4.78 is 5.31.